The smallest absolute Gasteiger partial charge is 0.232 e. The SMILES string of the molecule is COc1cccc(N(CCC(=O)Nc2cc(Cl)ccc2C)S(C)(=O)=O)c1. The van der Waals surface area contributed by atoms with Crippen molar-refractivity contribution in [2.24, 2.45) is 0 Å². The number of ether oxygens (including phenoxy) is 1. The highest BCUT2D eigenvalue weighted by Gasteiger charge is 2.19. The third kappa shape index (κ3) is 5.37. The van der Waals surface area contributed by atoms with Gasteiger partial charge in [0.1, 0.15) is 5.75 Å². The number of nitrogens with zero attached hydrogens (tertiary/aromatic N) is 1. The molecule has 1 N–H and O–H groups in total. The van der Waals surface area contributed by atoms with Crippen molar-refractivity contribution in [3.05, 3.63) is 53.1 Å². The van der Waals surface area contributed by atoms with E-state index in [0.717, 1.165) is 11.8 Å². The molecule has 0 heterocycles. The Kier molecular flexibility index (Phi) is 6.50. The molecule has 2 aromatic rings. The first-order valence-corrected chi connectivity index (χ1v) is 10.1. The van der Waals surface area contributed by atoms with Crippen LogP contribution in [0.15, 0.2) is 42.5 Å². The van der Waals surface area contributed by atoms with Crippen molar-refractivity contribution in [1.29, 1.82) is 0 Å². The van der Waals surface area contributed by atoms with E-state index in [9.17, 15) is 13.2 Å². The van der Waals surface area contributed by atoms with Gasteiger partial charge in [0.2, 0.25) is 15.9 Å². The minimum Gasteiger partial charge on any atom is -0.497 e. The zero-order valence-electron chi connectivity index (χ0n) is 14.8. The maximum atomic E-state index is 12.3. The quantitative estimate of drug-likeness (QED) is 0.777. The van der Waals surface area contributed by atoms with Crippen molar-refractivity contribution >= 4 is 38.9 Å². The predicted octanol–water partition coefficient (Wildman–Crippen LogP) is 3.45. The molecule has 0 atom stereocenters. The average molecular weight is 397 g/mol. The van der Waals surface area contributed by atoms with Crippen molar-refractivity contribution in [2.75, 3.05) is 29.5 Å². The summed E-state index contributed by atoms with van der Waals surface area (Å²) in [6, 6.07) is 11.9. The Morgan fingerprint density at radius 3 is 2.62 bits per heavy atom. The fourth-order valence-electron chi connectivity index (χ4n) is 2.40. The summed E-state index contributed by atoms with van der Waals surface area (Å²) >= 11 is 5.95. The number of hydrogen-bond acceptors (Lipinski definition) is 4. The lowest BCUT2D eigenvalue weighted by atomic mass is 10.2. The Bertz CT molecular complexity index is 900. The molecule has 0 aromatic heterocycles. The van der Waals surface area contributed by atoms with Crippen LogP contribution in [0.25, 0.3) is 0 Å². The van der Waals surface area contributed by atoms with Gasteiger partial charge in [-0.15, -0.1) is 0 Å². The van der Waals surface area contributed by atoms with E-state index in [0.29, 0.717) is 22.1 Å². The topological polar surface area (TPSA) is 75.7 Å². The van der Waals surface area contributed by atoms with E-state index in [1.165, 1.54) is 11.4 Å². The summed E-state index contributed by atoms with van der Waals surface area (Å²) in [5, 5.41) is 3.28. The molecular weight excluding hydrogens is 376 g/mol. The number of methoxy groups -OCH3 is 1. The molecule has 0 fully saturated rings. The molecule has 0 aliphatic rings. The Morgan fingerprint density at radius 2 is 1.96 bits per heavy atom. The molecule has 0 spiro atoms. The highest BCUT2D eigenvalue weighted by atomic mass is 35.5. The molecule has 0 saturated carbocycles. The standard InChI is InChI=1S/C18H21ClN2O4S/c1-13-7-8-14(19)11-17(13)20-18(22)9-10-21(26(3,23)24)15-5-4-6-16(12-15)25-2/h4-8,11-12H,9-10H2,1-3H3,(H,20,22). The van der Waals surface area contributed by atoms with Gasteiger partial charge in [0.05, 0.1) is 19.1 Å². The lowest BCUT2D eigenvalue weighted by molar-refractivity contribution is -0.116. The Balaban J connectivity index is 2.12. The number of benzene rings is 2. The van der Waals surface area contributed by atoms with Crippen LogP contribution < -0.4 is 14.4 Å². The summed E-state index contributed by atoms with van der Waals surface area (Å²) in [5.74, 6) is 0.238. The van der Waals surface area contributed by atoms with Gasteiger partial charge in [-0.05, 0) is 36.8 Å². The summed E-state index contributed by atoms with van der Waals surface area (Å²) in [5.41, 5.74) is 1.92. The number of hydrogen-bond donors (Lipinski definition) is 1. The molecule has 6 nitrogen and oxygen atoms in total. The third-order valence-corrected chi connectivity index (χ3v) is 5.19. The average Bonchev–Trinajstić information content (AvgIpc) is 2.57. The number of carbonyl (C=O) groups is 1. The van der Waals surface area contributed by atoms with Crippen LogP contribution in [0.5, 0.6) is 5.75 Å². The number of anilines is 2. The van der Waals surface area contributed by atoms with Crippen molar-refractivity contribution < 1.29 is 17.9 Å². The van der Waals surface area contributed by atoms with E-state index in [-0.39, 0.29) is 18.9 Å². The summed E-state index contributed by atoms with van der Waals surface area (Å²) in [4.78, 5) is 12.3. The monoisotopic (exact) mass is 396 g/mol. The first-order chi connectivity index (χ1) is 12.2. The van der Waals surface area contributed by atoms with Crippen LogP contribution in [-0.4, -0.2) is 34.2 Å². The van der Waals surface area contributed by atoms with E-state index in [1.54, 1.807) is 42.5 Å². The lowest BCUT2D eigenvalue weighted by Crippen LogP contribution is -2.33. The van der Waals surface area contributed by atoms with Gasteiger partial charge in [0.15, 0.2) is 0 Å². The summed E-state index contributed by atoms with van der Waals surface area (Å²) in [6.45, 7) is 1.86. The number of rotatable bonds is 7. The third-order valence-electron chi connectivity index (χ3n) is 3.76. The van der Waals surface area contributed by atoms with Gasteiger partial charge in [-0.1, -0.05) is 23.7 Å². The second-order valence-corrected chi connectivity index (χ2v) is 8.14. The van der Waals surface area contributed by atoms with Crippen molar-refractivity contribution in [2.45, 2.75) is 13.3 Å². The second-order valence-electron chi connectivity index (χ2n) is 5.79. The van der Waals surface area contributed by atoms with Gasteiger partial charge >= 0.3 is 0 Å². The second kappa shape index (κ2) is 8.42. The Hall–Kier alpha value is -2.25. The van der Waals surface area contributed by atoms with Crippen LogP contribution in [0.4, 0.5) is 11.4 Å². The van der Waals surface area contributed by atoms with Crippen LogP contribution in [0.2, 0.25) is 5.02 Å². The molecular formula is C18H21ClN2O4S. The number of amides is 1. The van der Waals surface area contributed by atoms with E-state index in [2.05, 4.69) is 5.32 Å². The molecule has 8 heteroatoms. The van der Waals surface area contributed by atoms with Crippen LogP contribution in [0.1, 0.15) is 12.0 Å². The first-order valence-electron chi connectivity index (χ1n) is 7.88. The molecule has 26 heavy (non-hydrogen) atoms. The first kappa shape index (κ1) is 20.1. The fourth-order valence-corrected chi connectivity index (χ4v) is 3.49. The molecule has 0 aliphatic carbocycles. The number of nitrogens with one attached hydrogen (secondary N) is 1. The highest BCUT2D eigenvalue weighted by molar-refractivity contribution is 7.92. The molecule has 0 aliphatic heterocycles. The molecule has 0 unspecified atom stereocenters. The van der Waals surface area contributed by atoms with Crippen molar-refractivity contribution in [1.82, 2.24) is 0 Å². The van der Waals surface area contributed by atoms with E-state index in [1.807, 2.05) is 6.92 Å². The molecule has 0 radical (unpaired) electrons. The number of aryl methyl sites for hydroxylation is 1. The number of halogens is 1. The van der Waals surface area contributed by atoms with Crippen LogP contribution in [-0.2, 0) is 14.8 Å². The molecule has 2 rings (SSSR count). The van der Waals surface area contributed by atoms with Gasteiger partial charge < -0.3 is 10.1 Å². The van der Waals surface area contributed by atoms with Crippen LogP contribution in [0, 0.1) is 6.92 Å². The Morgan fingerprint density at radius 1 is 1.23 bits per heavy atom. The van der Waals surface area contributed by atoms with Gasteiger partial charge in [-0.25, -0.2) is 8.42 Å². The zero-order chi connectivity index (χ0) is 19.3. The van der Waals surface area contributed by atoms with E-state index < -0.39 is 10.0 Å². The summed E-state index contributed by atoms with van der Waals surface area (Å²) < 4.78 is 30.6. The van der Waals surface area contributed by atoms with Gasteiger partial charge in [-0.3, -0.25) is 9.10 Å². The number of sulfonamides is 1. The fraction of sp³-hybridized carbons (Fsp3) is 0.278. The largest absolute Gasteiger partial charge is 0.497 e. The molecule has 140 valence electrons. The highest BCUT2D eigenvalue weighted by Crippen LogP contribution is 2.24. The van der Waals surface area contributed by atoms with Crippen LogP contribution in [0.3, 0.4) is 0 Å². The summed E-state index contributed by atoms with van der Waals surface area (Å²) in [7, 11) is -2.05. The van der Waals surface area contributed by atoms with E-state index in [4.69, 9.17) is 16.3 Å². The van der Waals surface area contributed by atoms with Crippen molar-refractivity contribution in [3.8, 4) is 5.75 Å². The lowest BCUT2D eigenvalue weighted by Gasteiger charge is -2.22. The number of carbonyl (C=O) groups excluding carboxylic acids is 1. The summed E-state index contributed by atoms with van der Waals surface area (Å²) in [6.07, 6.45) is 1.10. The normalized spacial score (nSPS) is 11.1. The minimum atomic E-state index is -3.55. The Labute approximate surface area is 158 Å². The maximum absolute atomic E-state index is 12.3. The minimum absolute atomic E-state index is 0.00374. The van der Waals surface area contributed by atoms with Gasteiger partial charge in [0.25, 0.3) is 0 Å². The van der Waals surface area contributed by atoms with Crippen LogP contribution >= 0.6 is 11.6 Å². The van der Waals surface area contributed by atoms with Gasteiger partial charge in [-0.2, -0.15) is 0 Å². The zero-order valence-corrected chi connectivity index (χ0v) is 16.4. The molecule has 0 saturated heterocycles. The predicted molar refractivity (Wildman–Crippen MR) is 105 cm³/mol. The molecule has 2 aromatic carbocycles. The van der Waals surface area contributed by atoms with E-state index >= 15 is 0 Å². The molecule has 0 bridgehead atoms. The maximum Gasteiger partial charge on any atom is 0.232 e. The van der Waals surface area contributed by atoms with Crippen molar-refractivity contribution in [3.63, 3.8) is 0 Å². The van der Waals surface area contributed by atoms with Gasteiger partial charge in [0, 0.05) is 29.7 Å². The molecule has 1 amide bonds.